The second-order valence-electron chi connectivity index (χ2n) is 15.2. The van der Waals surface area contributed by atoms with Crippen LogP contribution in [-0.4, -0.2) is 9.97 Å². The van der Waals surface area contributed by atoms with Gasteiger partial charge in [0.1, 0.15) is 0 Å². The van der Waals surface area contributed by atoms with Gasteiger partial charge in [0.2, 0.25) is 0 Å². The Hall–Kier alpha value is -6.94. The van der Waals surface area contributed by atoms with Crippen LogP contribution >= 0.6 is 11.3 Å². The zero-order chi connectivity index (χ0) is 36.5. The van der Waals surface area contributed by atoms with Gasteiger partial charge in [-0.2, -0.15) is 0 Å². The van der Waals surface area contributed by atoms with Crippen molar-refractivity contribution in [1.29, 1.82) is 0 Å². The smallest absolute Gasteiger partial charge is 0.0979 e. The van der Waals surface area contributed by atoms with Crippen molar-refractivity contribution >= 4 is 64.1 Å². The summed E-state index contributed by atoms with van der Waals surface area (Å²) in [5.74, 6) is 0. The van der Waals surface area contributed by atoms with E-state index in [9.17, 15) is 0 Å². The van der Waals surface area contributed by atoms with Gasteiger partial charge >= 0.3 is 0 Å². The van der Waals surface area contributed by atoms with Crippen LogP contribution in [0.3, 0.4) is 0 Å². The van der Waals surface area contributed by atoms with E-state index in [1.54, 1.807) is 0 Å². The fourth-order valence-electron chi connectivity index (χ4n) is 10.2. The van der Waals surface area contributed by atoms with Gasteiger partial charge in [0.25, 0.3) is 0 Å². The molecule has 1 spiro atoms. The van der Waals surface area contributed by atoms with Crippen LogP contribution in [0.15, 0.2) is 182 Å². The summed E-state index contributed by atoms with van der Waals surface area (Å²) in [6.45, 7) is 0. The summed E-state index contributed by atoms with van der Waals surface area (Å²) in [6, 6.07) is 65.0. The van der Waals surface area contributed by atoms with Gasteiger partial charge in [-0.25, -0.2) is 4.98 Å². The lowest BCUT2D eigenvalue weighted by Crippen LogP contribution is -2.26. The first kappa shape index (κ1) is 30.4. The SMILES string of the molecule is c1ccc2c(c1)-c1ccccc1C21c2cc(-c3cnc4c5ccccc5c5ccccc5c4n3)ccc2-c2ccc(-c3cccc4c3sc3ccccc34)cc21. The van der Waals surface area contributed by atoms with Gasteiger partial charge in [0.05, 0.1) is 28.3 Å². The van der Waals surface area contributed by atoms with Crippen molar-refractivity contribution in [3.05, 3.63) is 204 Å². The van der Waals surface area contributed by atoms with Crippen molar-refractivity contribution < 1.29 is 0 Å². The average molecular weight is 727 g/mol. The monoisotopic (exact) mass is 726 g/mol. The van der Waals surface area contributed by atoms with Gasteiger partial charge in [-0.1, -0.05) is 158 Å². The van der Waals surface area contributed by atoms with Crippen LogP contribution in [0, 0.1) is 0 Å². The highest BCUT2D eigenvalue weighted by atomic mass is 32.1. The van der Waals surface area contributed by atoms with E-state index in [1.165, 1.54) is 86.6 Å². The third-order valence-corrected chi connectivity index (χ3v) is 13.7. The molecule has 56 heavy (non-hydrogen) atoms. The summed E-state index contributed by atoms with van der Waals surface area (Å²) in [4.78, 5) is 10.6. The molecular weight excluding hydrogens is 697 g/mol. The Kier molecular flexibility index (Phi) is 6.01. The fraction of sp³-hybridized carbons (Fsp3) is 0.0189. The summed E-state index contributed by atoms with van der Waals surface area (Å²) in [6.07, 6.45) is 1.97. The Morgan fingerprint density at radius 3 is 1.61 bits per heavy atom. The molecule has 0 unspecified atom stereocenters. The molecule has 11 aromatic rings. The summed E-state index contributed by atoms with van der Waals surface area (Å²) in [5.41, 5.74) is 16.3. The number of benzene rings is 9. The maximum absolute atomic E-state index is 5.44. The third kappa shape index (κ3) is 3.85. The third-order valence-electron chi connectivity index (χ3n) is 12.5. The Labute approximate surface area is 327 Å². The molecule has 2 aliphatic rings. The molecule has 0 atom stereocenters. The van der Waals surface area contributed by atoms with E-state index in [4.69, 9.17) is 9.97 Å². The number of rotatable bonds is 2. The van der Waals surface area contributed by atoms with Gasteiger partial charge in [0.15, 0.2) is 0 Å². The number of hydrogen-bond donors (Lipinski definition) is 0. The maximum atomic E-state index is 5.44. The van der Waals surface area contributed by atoms with Crippen molar-refractivity contribution in [2.75, 3.05) is 0 Å². The normalized spacial score (nSPS) is 13.5. The molecule has 0 radical (unpaired) electrons. The molecular formula is C53H30N2S. The highest BCUT2D eigenvalue weighted by Crippen LogP contribution is 2.63. The highest BCUT2D eigenvalue weighted by molar-refractivity contribution is 7.26. The summed E-state index contributed by atoms with van der Waals surface area (Å²) in [5, 5.41) is 7.30. The average Bonchev–Trinajstić information content (AvgIpc) is 3.90. The molecule has 9 aromatic carbocycles. The minimum absolute atomic E-state index is 0.495. The van der Waals surface area contributed by atoms with E-state index in [0.717, 1.165) is 33.1 Å². The van der Waals surface area contributed by atoms with Crippen molar-refractivity contribution in [3.63, 3.8) is 0 Å². The van der Waals surface area contributed by atoms with Gasteiger partial charge in [0, 0.05) is 36.5 Å². The molecule has 2 aliphatic carbocycles. The summed E-state index contributed by atoms with van der Waals surface area (Å²) >= 11 is 1.89. The molecule has 0 fully saturated rings. The van der Waals surface area contributed by atoms with E-state index in [0.29, 0.717) is 0 Å². The van der Waals surface area contributed by atoms with Crippen LogP contribution < -0.4 is 0 Å². The van der Waals surface area contributed by atoms with E-state index >= 15 is 0 Å². The van der Waals surface area contributed by atoms with Crippen molar-refractivity contribution in [3.8, 4) is 44.6 Å². The summed E-state index contributed by atoms with van der Waals surface area (Å²) in [7, 11) is 0. The molecule has 0 saturated carbocycles. The minimum Gasteiger partial charge on any atom is -0.252 e. The topological polar surface area (TPSA) is 25.8 Å². The van der Waals surface area contributed by atoms with Crippen LogP contribution in [0.4, 0.5) is 0 Å². The molecule has 0 amide bonds. The van der Waals surface area contributed by atoms with Crippen LogP contribution in [0.2, 0.25) is 0 Å². The van der Waals surface area contributed by atoms with E-state index in [1.807, 2.05) is 17.5 Å². The molecule has 0 saturated heterocycles. The molecule has 0 aliphatic heterocycles. The molecule has 2 aromatic heterocycles. The molecule has 2 nitrogen and oxygen atoms in total. The molecule has 3 heteroatoms. The molecule has 0 bridgehead atoms. The van der Waals surface area contributed by atoms with Crippen molar-refractivity contribution in [2.45, 2.75) is 5.41 Å². The van der Waals surface area contributed by atoms with Crippen LogP contribution in [-0.2, 0) is 5.41 Å². The largest absolute Gasteiger partial charge is 0.252 e. The molecule has 13 rings (SSSR count). The fourth-order valence-corrected chi connectivity index (χ4v) is 11.4. The Bertz CT molecular complexity index is 3420. The maximum Gasteiger partial charge on any atom is 0.0979 e. The van der Waals surface area contributed by atoms with E-state index < -0.39 is 5.41 Å². The van der Waals surface area contributed by atoms with Gasteiger partial charge in [-0.3, -0.25) is 4.98 Å². The first-order valence-corrected chi connectivity index (χ1v) is 20.0. The van der Waals surface area contributed by atoms with E-state index in [-0.39, 0.29) is 0 Å². The lowest BCUT2D eigenvalue weighted by molar-refractivity contribution is 0.794. The number of aromatic nitrogens is 2. The van der Waals surface area contributed by atoms with Crippen LogP contribution in [0.1, 0.15) is 22.3 Å². The lowest BCUT2D eigenvalue weighted by atomic mass is 9.70. The number of thiophene rings is 1. The zero-order valence-electron chi connectivity index (χ0n) is 30.1. The zero-order valence-corrected chi connectivity index (χ0v) is 30.9. The molecule has 2 heterocycles. The lowest BCUT2D eigenvalue weighted by Gasteiger charge is -2.31. The number of fused-ring (bicyclic) bond motifs is 19. The summed E-state index contributed by atoms with van der Waals surface area (Å²) < 4.78 is 2.66. The van der Waals surface area contributed by atoms with E-state index in [2.05, 4.69) is 176 Å². The number of nitrogens with zero attached hydrogens (tertiary/aromatic N) is 2. The quantitative estimate of drug-likeness (QED) is 0.166. The van der Waals surface area contributed by atoms with Gasteiger partial charge in [-0.05, 0) is 84.6 Å². The van der Waals surface area contributed by atoms with Crippen molar-refractivity contribution in [2.24, 2.45) is 0 Å². The van der Waals surface area contributed by atoms with Crippen LogP contribution in [0.25, 0.3) is 97.4 Å². The minimum atomic E-state index is -0.495. The predicted octanol–water partition coefficient (Wildman–Crippen LogP) is 14.0. The highest BCUT2D eigenvalue weighted by Gasteiger charge is 2.51. The first-order valence-electron chi connectivity index (χ1n) is 19.2. The van der Waals surface area contributed by atoms with Gasteiger partial charge in [-0.15, -0.1) is 11.3 Å². The van der Waals surface area contributed by atoms with Gasteiger partial charge < -0.3 is 0 Å². The second kappa shape index (κ2) is 11.1. The Morgan fingerprint density at radius 2 is 0.893 bits per heavy atom. The number of hydrogen-bond acceptors (Lipinski definition) is 3. The van der Waals surface area contributed by atoms with Crippen LogP contribution in [0.5, 0.6) is 0 Å². The molecule has 0 N–H and O–H groups in total. The Morgan fingerprint density at radius 1 is 0.375 bits per heavy atom. The predicted molar refractivity (Wildman–Crippen MR) is 235 cm³/mol. The molecule has 258 valence electrons. The van der Waals surface area contributed by atoms with Crippen molar-refractivity contribution in [1.82, 2.24) is 9.97 Å². The Balaban J connectivity index is 1.08. The first-order chi connectivity index (χ1) is 27.8. The standard InChI is InChI=1S/C53H30N2S/c1-3-17-41-34(12-1)35-13-2-4-18-42(35)51-50(41)54-30-48(55-51)32-25-27-39-38-26-24-31(33-19-11-20-43-40-16-7-10-23-49(40)56-52(33)43)28-46(38)53(47(39)29-32)44-21-8-5-14-36(44)37-15-6-9-22-45(37)53/h1-30H. The second-order valence-corrected chi connectivity index (χ2v) is 16.2.